The van der Waals surface area contributed by atoms with E-state index in [0.717, 1.165) is 25.7 Å². The zero-order valence-electron chi connectivity index (χ0n) is 11.3. The van der Waals surface area contributed by atoms with Gasteiger partial charge in [0.1, 0.15) is 5.84 Å². The van der Waals surface area contributed by atoms with Crippen molar-refractivity contribution < 1.29 is 5.21 Å². The summed E-state index contributed by atoms with van der Waals surface area (Å²) < 4.78 is 1.78. The van der Waals surface area contributed by atoms with Gasteiger partial charge in [-0.3, -0.25) is 4.79 Å². The smallest absolute Gasteiger partial charge is 0.293 e. The van der Waals surface area contributed by atoms with Crippen LogP contribution >= 0.6 is 0 Å². The Labute approximate surface area is 116 Å². The molecule has 0 unspecified atom stereocenters. The maximum atomic E-state index is 12.5. The van der Waals surface area contributed by atoms with Crippen molar-refractivity contribution in [1.82, 2.24) is 9.55 Å². The standard InChI is InChI=1S/C13H19N5O2/c14-11(16-20)5-7-17(9-1-2-9)12-13(19)18(8-6-15-12)10-3-4-10/h6,8-10,20H,1-5,7H2,(H2,14,16). The van der Waals surface area contributed by atoms with Gasteiger partial charge in [-0.15, -0.1) is 0 Å². The van der Waals surface area contributed by atoms with E-state index in [0.29, 0.717) is 30.9 Å². The summed E-state index contributed by atoms with van der Waals surface area (Å²) in [6.07, 6.45) is 8.14. The highest BCUT2D eigenvalue weighted by molar-refractivity contribution is 5.80. The molecule has 1 aromatic heterocycles. The van der Waals surface area contributed by atoms with Crippen molar-refractivity contribution in [2.75, 3.05) is 11.4 Å². The Morgan fingerprint density at radius 1 is 1.50 bits per heavy atom. The Kier molecular flexibility index (Phi) is 3.33. The number of anilines is 1. The van der Waals surface area contributed by atoms with Crippen LogP contribution in [-0.4, -0.2) is 33.2 Å². The lowest BCUT2D eigenvalue weighted by Crippen LogP contribution is -2.37. The van der Waals surface area contributed by atoms with Gasteiger partial charge in [0.15, 0.2) is 5.82 Å². The summed E-state index contributed by atoms with van der Waals surface area (Å²) >= 11 is 0. The Morgan fingerprint density at radius 2 is 2.25 bits per heavy atom. The van der Waals surface area contributed by atoms with Crippen LogP contribution in [0, 0.1) is 0 Å². The second-order valence-corrected chi connectivity index (χ2v) is 5.46. The lowest BCUT2D eigenvalue weighted by Gasteiger charge is -2.23. The number of amidine groups is 1. The third kappa shape index (κ3) is 2.61. The number of oxime groups is 1. The number of aromatic nitrogens is 2. The van der Waals surface area contributed by atoms with Crippen LogP contribution in [0.1, 0.15) is 38.1 Å². The number of nitrogens with two attached hydrogens (primary N) is 1. The highest BCUT2D eigenvalue weighted by Gasteiger charge is 2.33. The van der Waals surface area contributed by atoms with Gasteiger partial charge >= 0.3 is 0 Å². The largest absolute Gasteiger partial charge is 0.409 e. The summed E-state index contributed by atoms with van der Waals surface area (Å²) in [5.74, 6) is 0.668. The Bertz CT molecular complexity index is 574. The number of hydrogen-bond donors (Lipinski definition) is 2. The molecule has 2 aliphatic rings. The average Bonchev–Trinajstić information content (AvgIpc) is 3.32. The fourth-order valence-electron chi connectivity index (χ4n) is 2.38. The lowest BCUT2D eigenvalue weighted by molar-refractivity contribution is 0.317. The molecule has 0 amide bonds. The van der Waals surface area contributed by atoms with E-state index in [1.165, 1.54) is 0 Å². The predicted molar refractivity (Wildman–Crippen MR) is 75.2 cm³/mol. The third-order valence-corrected chi connectivity index (χ3v) is 3.79. The van der Waals surface area contributed by atoms with Crippen molar-refractivity contribution in [1.29, 1.82) is 0 Å². The molecule has 1 aromatic rings. The van der Waals surface area contributed by atoms with E-state index in [1.54, 1.807) is 17.0 Å². The third-order valence-electron chi connectivity index (χ3n) is 3.79. The molecule has 0 saturated heterocycles. The molecule has 1 heterocycles. The molecule has 0 atom stereocenters. The van der Waals surface area contributed by atoms with Gasteiger partial charge in [0, 0.05) is 37.4 Å². The maximum absolute atomic E-state index is 12.5. The molecule has 20 heavy (non-hydrogen) atoms. The van der Waals surface area contributed by atoms with Gasteiger partial charge in [-0.05, 0) is 25.7 Å². The van der Waals surface area contributed by atoms with E-state index in [-0.39, 0.29) is 11.4 Å². The minimum Gasteiger partial charge on any atom is -0.409 e. The summed E-state index contributed by atoms with van der Waals surface area (Å²) in [5.41, 5.74) is 5.49. The Morgan fingerprint density at radius 3 is 2.85 bits per heavy atom. The molecular formula is C13H19N5O2. The van der Waals surface area contributed by atoms with E-state index in [2.05, 4.69) is 10.1 Å². The summed E-state index contributed by atoms with van der Waals surface area (Å²) in [6, 6.07) is 0.700. The molecule has 108 valence electrons. The number of rotatable bonds is 6. The van der Waals surface area contributed by atoms with Crippen LogP contribution in [0.5, 0.6) is 0 Å². The van der Waals surface area contributed by atoms with Crippen LogP contribution in [0.25, 0.3) is 0 Å². The fraction of sp³-hybridized carbons (Fsp3) is 0.615. The zero-order chi connectivity index (χ0) is 14.1. The predicted octanol–water partition coefficient (Wildman–Crippen LogP) is 0.683. The van der Waals surface area contributed by atoms with Crippen molar-refractivity contribution in [3.8, 4) is 0 Å². The van der Waals surface area contributed by atoms with Crippen molar-refractivity contribution in [3.05, 3.63) is 22.7 Å². The first kappa shape index (κ1) is 13.0. The van der Waals surface area contributed by atoms with Gasteiger partial charge in [-0.1, -0.05) is 5.16 Å². The van der Waals surface area contributed by atoms with Crippen LogP contribution in [0.4, 0.5) is 5.82 Å². The van der Waals surface area contributed by atoms with Crippen LogP contribution in [0.15, 0.2) is 22.3 Å². The van der Waals surface area contributed by atoms with E-state index >= 15 is 0 Å². The molecule has 0 spiro atoms. The molecule has 2 saturated carbocycles. The SMILES string of the molecule is NC(CCN(c1nccn(C2CC2)c1=O)C1CC1)=NO. The topological polar surface area (TPSA) is 96.7 Å². The van der Waals surface area contributed by atoms with Crippen LogP contribution in [0.2, 0.25) is 0 Å². The van der Waals surface area contributed by atoms with Gasteiger partial charge in [0.2, 0.25) is 0 Å². The molecule has 3 N–H and O–H groups in total. The first-order valence-corrected chi connectivity index (χ1v) is 7.01. The van der Waals surface area contributed by atoms with Gasteiger partial charge < -0.3 is 20.4 Å². The van der Waals surface area contributed by atoms with Gasteiger partial charge in [0.25, 0.3) is 5.56 Å². The summed E-state index contributed by atoms with van der Waals surface area (Å²) in [6.45, 7) is 0.553. The molecule has 7 nitrogen and oxygen atoms in total. The first-order valence-electron chi connectivity index (χ1n) is 7.01. The van der Waals surface area contributed by atoms with E-state index in [4.69, 9.17) is 10.9 Å². The minimum atomic E-state index is -0.0265. The number of hydrogen-bond acceptors (Lipinski definition) is 5. The molecule has 0 aromatic carbocycles. The average molecular weight is 277 g/mol. The fourth-order valence-corrected chi connectivity index (χ4v) is 2.38. The van der Waals surface area contributed by atoms with Gasteiger partial charge in [-0.25, -0.2) is 4.98 Å². The molecule has 7 heteroatoms. The second-order valence-electron chi connectivity index (χ2n) is 5.46. The van der Waals surface area contributed by atoms with Crippen molar-refractivity contribution in [3.63, 3.8) is 0 Å². The van der Waals surface area contributed by atoms with Crippen molar-refractivity contribution in [2.24, 2.45) is 10.9 Å². The quantitative estimate of drug-likeness (QED) is 0.345. The molecule has 3 rings (SSSR count). The van der Waals surface area contributed by atoms with Crippen LogP contribution < -0.4 is 16.2 Å². The zero-order valence-corrected chi connectivity index (χ0v) is 11.3. The van der Waals surface area contributed by atoms with E-state index < -0.39 is 0 Å². The second kappa shape index (κ2) is 5.15. The van der Waals surface area contributed by atoms with Gasteiger partial charge in [-0.2, -0.15) is 0 Å². The lowest BCUT2D eigenvalue weighted by atomic mass is 10.3. The molecule has 0 bridgehead atoms. The Balaban J connectivity index is 1.84. The van der Waals surface area contributed by atoms with Crippen LogP contribution in [0.3, 0.4) is 0 Å². The van der Waals surface area contributed by atoms with Crippen molar-refractivity contribution in [2.45, 2.75) is 44.2 Å². The Hall–Kier alpha value is -2.05. The minimum absolute atomic E-state index is 0.0265. The molecule has 2 fully saturated rings. The highest BCUT2D eigenvalue weighted by Crippen LogP contribution is 2.34. The van der Waals surface area contributed by atoms with Gasteiger partial charge in [0.05, 0.1) is 0 Å². The molecular weight excluding hydrogens is 258 g/mol. The summed E-state index contributed by atoms with van der Waals surface area (Å²) in [5, 5.41) is 11.6. The molecule has 0 aliphatic heterocycles. The number of nitrogens with zero attached hydrogens (tertiary/aromatic N) is 4. The first-order chi connectivity index (χ1) is 9.70. The summed E-state index contributed by atoms with van der Waals surface area (Å²) in [4.78, 5) is 18.7. The molecule has 2 aliphatic carbocycles. The molecule has 0 radical (unpaired) electrons. The van der Waals surface area contributed by atoms with Crippen molar-refractivity contribution >= 4 is 11.7 Å². The summed E-state index contributed by atoms with van der Waals surface area (Å²) in [7, 11) is 0. The monoisotopic (exact) mass is 277 g/mol. The van der Waals surface area contributed by atoms with E-state index in [9.17, 15) is 4.79 Å². The van der Waals surface area contributed by atoms with Crippen LogP contribution in [-0.2, 0) is 0 Å². The normalized spacial score (nSPS) is 19.1. The highest BCUT2D eigenvalue weighted by atomic mass is 16.4. The van der Waals surface area contributed by atoms with E-state index in [1.807, 2.05) is 4.90 Å². The maximum Gasteiger partial charge on any atom is 0.293 e.